The Kier molecular flexibility index (Phi) is 4.23. The molecule has 0 saturated carbocycles. The quantitative estimate of drug-likeness (QED) is 0.645. The predicted octanol–water partition coefficient (Wildman–Crippen LogP) is 2.80. The molecule has 2 unspecified atom stereocenters. The van der Waals surface area contributed by atoms with E-state index in [4.69, 9.17) is 4.42 Å². The first-order chi connectivity index (χ1) is 13.3. The number of hydrogen-bond acceptors (Lipinski definition) is 6. The maximum atomic E-state index is 12.5. The van der Waals surface area contributed by atoms with E-state index in [2.05, 4.69) is 31.9 Å². The Morgan fingerprint density at radius 2 is 2.15 bits per heavy atom. The second-order valence-corrected chi connectivity index (χ2v) is 7.72. The number of aryl methyl sites for hydroxylation is 1. The average Bonchev–Trinajstić information content (AvgIpc) is 3.45. The number of carbonyl (C=O) groups is 1. The fourth-order valence-corrected chi connectivity index (χ4v) is 4.35. The molecule has 3 N–H and O–H groups in total. The van der Waals surface area contributed by atoms with E-state index >= 15 is 0 Å². The lowest BCUT2D eigenvalue weighted by atomic mass is 10.1. The average molecular weight is 381 g/mol. The molecule has 1 aromatic carbocycles. The van der Waals surface area contributed by atoms with Crippen molar-refractivity contribution in [2.75, 3.05) is 11.1 Å². The van der Waals surface area contributed by atoms with Gasteiger partial charge in [0.25, 0.3) is 0 Å². The summed E-state index contributed by atoms with van der Waals surface area (Å²) >= 11 is 1.78. The number of benzene rings is 1. The summed E-state index contributed by atoms with van der Waals surface area (Å²) in [5.74, 6) is 1.85. The minimum Gasteiger partial charge on any atom is -0.468 e. The number of hydrogen-bond donors (Lipinski definition) is 3. The molecule has 5 rings (SSSR count). The number of fused-ring (bicyclic) bond motifs is 1. The molecule has 0 bridgehead atoms. The maximum Gasteiger partial charge on any atom is 0.242 e. The van der Waals surface area contributed by atoms with Gasteiger partial charge in [-0.25, -0.2) is 15.8 Å². The van der Waals surface area contributed by atoms with Gasteiger partial charge in [-0.2, -0.15) is 0 Å². The summed E-state index contributed by atoms with van der Waals surface area (Å²) in [5.41, 5.74) is 8.94. The first kappa shape index (κ1) is 16.6. The van der Waals surface area contributed by atoms with Gasteiger partial charge in [-0.1, -0.05) is 23.9 Å². The number of nitrogens with zero attached hydrogens (tertiary/aromatic N) is 2. The Morgan fingerprint density at radius 1 is 1.26 bits per heavy atom. The monoisotopic (exact) mass is 381 g/mol. The minimum atomic E-state index is -0.312. The van der Waals surface area contributed by atoms with Gasteiger partial charge in [0.2, 0.25) is 5.91 Å². The normalized spacial score (nSPS) is 21.3. The number of amides is 1. The molecular weight excluding hydrogens is 362 g/mol. The van der Waals surface area contributed by atoms with Crippen LogP contribution >= 0.6 is 11.8 Å². The van der Waals surface area contributed by atoms with Gasteiger partial charge in [-0.05, 0) is 30.7 Å². The van der Waals surface area contributed by atoms with Crippen molar-refractivity contribution in [3.8, 4) is 11.3 Å². The Bertz CT molecular complexity index is 930. The number of thioether (sulfide) groups is 1. The number of imidazole rings is 1. The molecule has 1 saturated heterocycles. The SMILES string of the molecule is O=C(Nc1ccc(-c2cn3c(n2)SCC3)cc1)C1CC(c2ccco2)NN1. The van der Waals surface area contributed by atoms with E-state index in [0.717, 1.165) is 40.2 Å². The molecule has 1 fully saturated rings. The predicted molar refractivity (Wildman–Crippen MR) is 103 cm³/mol. The number of hydrazine groups is 1. The lowest BCUT2D eigenvalue weighted by Crippen LogP contribution is -2.39. The van der Waals surface area contributed by atoms with Gasteiger partial charge >= 0.3 is 0 Å². The fourth-order valence-electron chi connectivity index (χ4n) is 3.41. The zero-order valence-corrected chi connectivity index (χ0v) is 15.3. The highest BCUT2D eigenvalue weighted by Crippen LogP contribution is 2.29. The van der Waals surface area contributed by atoms with Crippen molar-refractivity contribution < 1.29 is 9.21 Å². The second-order valence-electron chi connectivity index (χ2n) is 6.66. The molecule has 3 aromatic rings. The van der Waals surface area contributed by atoms with Crippen LogP contribution in [0.5, 0.6) is 0 Å². The largest absolute Gasteiger partial charge is 0.468 e. The van der Waals surface area contributed by atoms with E-state index in [1.807, 2.05) is 36.4 Å². The highest BCUT2D eigenvalue weighted by Gasteiger charge is 2.31. The first-order valence-corrected chi connectivity index (χ1v) is 9.90. The van der Waals surface area contributed by atoms with Crippen molar-refractivity contribution in [1.29, 1.82) is 0 Å². The van der Waals surface area contributed by atoms with Crippen molar-refractivity contribution in [3.05, 3.63) is 54.6 Å². The van der Waals surface area contributed by atoms with Gasteiger partial charge in [0.15, 0.2) is 5.16 Å². The van der Waals surface area contributed by atoms with Gasteiger partial charge < -0.3 is 14.3 Å². The van der Waals surface area contributed by atoms with Crippen molar-refractivity contribution in [1.82, 2.24) is 20.4 Å². The lowest BCUT2D eigenvalue weighted by molar-refractivity contribution is -0.117. The van der Waals surface area contributed by atoms with E-state index in [-0.39, 0.29) is 18.0 Å². The molecule has 2 aromatic heterocycles. The van der Waals surface area contributed by atoms with Crippen LogP contribution in [0, 0.1) is 0 Å². The van der Waals surface area contributed by atoms with Crippen LogP contribution in [0.25, 0.3) is 11.3 Å². The Balaban J connectivity index is 1.22. The van der Waals surface area contributed by atoms with Gasteiger partial charge in [0.05, 0.1) is 18.0 Å². The van der Waals surface area contributed by atoms with Crippen LogP contribution < -0.4 is 16.2 Å². The molecule has 27 heavy (non-hydrogen) atoms. The van der Waals surface area contributed by atoms with Crippen molar-refractivity contribution >= 4 is 23.4 Å². The molecule has 138 valence electrons. The van der Waals surface area contributed by atoms with Crippen molar-refractivity contribution in [2.45, 2.75) is 30.2 Å². The molecule has 8 heteroatoms. The molecular formula is C19H19N5O2S. The molecule has 4 heterocycles. The van der Waals surface area contributed by atoms with E-state index in [0.29, 0.717) is 6.42 Å². The highest BCUT2D eigenvalue weighted by atomic mass is 32.2. The second kappa shape index (κ2) is 6.88. The molecule has 7 nitrogen and oxygen atoms in total. The van der Waals surface area contributed by atoms with Crippen LogP contribution in [-0.4, -0.2) is 27.3 Å². The highest BCUT2D eigenvalue weighted by molar-refractivity contribution is 7.99. The molecule has 0 spiro atoms. The Hall–Kier alpha value is -2.55. The number of rotatable bonds is 4. The topological polar surface area (TPSA) is 84.1 Å². The van der Waals surface area contributed by atoms with Crippen LogP contribution in [0.2, 0.25) is 0 Å². The third kappa shape index (κ3) is 3.27. The number of aromatic nitrogens is 2. The lowest BCUT2D eigenvalue weighted by Gasteiger charge is -2.10. The maximum absolute atomic E-state index is 12.5. The summed E-state index contributed by atoms with van der Waals surface area (Å²) in [6.45, 7) is 1.02. The number of furan rings is 1. The molecule has 0 aliphatic carbocycles. The van der Waals surface area contributed by atoms with Crippen LogP contribution in [0.1, 0.15) is 18.2 Å². The van der Waals surface area contributed by atoms with Crippen LogP contribution in [0.4, 0.5) is 5.69 Å². The van der Waals surface area contributed by atoms with Crippen molar-refractivity contribution in [3.63, 3.8) is 0 Å². The Labute approximate surface area is 160 Å². The van der Waals surface area contributed by atoms with Gasteiger partial charge in [0, 0.05) is 29.7 Å². The number of carbonyl (C=O) groups excluding carboxylic acids is 1. The molecule has 2 aliphatic heterocycles. The zero-order valence-electron chi connectivity index (χ0n) is 14.5. The van der Waals surface area contributed by atoms with E-state index in [1.54, 1.807) is 18.0 Å². The minimum absolute atomic E-state index is 0.00105. The fraction of sp³-hybridized carbons (Fsp3) is 0.263. The third-order valence-corrected chi connectivity index (χ3v) is 5.83. The van der Waals surface area contributed by atoms with E-state index in [9.17, 15) is 4.79 Å². The smallest absolute Gasteiger partial charge is 0.242 e. The third-order valence-electron chi connectivity index (χ3n) is 4.86. The van der Waals surface area contributed by atoms with Crippen molar-refractivity contribution in [2.24, 2.45) is 0 Å². The Morgan fingerprint density at radius 3 is 2.93 bits per heavy atom. The zero-order chi connectivity index (χ0) is 18.2. The number of anilines is 1. The summed E-state index contributed by atoms with van der Waals surface area (Å²) in [6, 6.07) is 11.2. The summed E-state index contributed by atoms with van der Waals surface area (Å²) in [5, 5.41) is 4.04. The summed E-state index contributed by atoms with van der Waals surface area (Å²) < 4.78 is 7.58. The van der Waals surface area contributed by atoms with E-state index < -0.39 is 0 Å². The van der Waals surface area contributed by atoms with E-state index in [1.165, 1.54) is 0 Å². The first-order valence-electron chi connectivity index (χ1n) is 8.92. The number of nitrogens with one attached hydrogen (secondary N) is 3. The molecule has 2 atom stereocenters. The summed E-state index contributed by atoms with van der Waals surface area (Å²) in [7, 11) is 0. The molecule has 1 amide bonds. The molecule has 2 aliphatic rings. The van der Waals surface area contributed by atoms with Gasteiger partial charge in [-0.3, -0.25) is 4.79 Å². The summed E-state index contributed by atoms with van der Waals surface area (Å²) in [4.78, 5) is 17.2. The van der Waals surface area contributed by atoms with Gasteiger partial charge in [-0.15, -0.1) is 0 Å². The standard InChI is InChI=1S/C19H19N5O2S/c25-18(15-10-14(22-23-15)17-2-1-8-26-17)20-13-5-3-12(4-6-13)16-11-24-7-9-27-19(24)21-16/h1-6,8,11,14-15,22-23H,7,9-10H2,(H,20,25). The van der Waals surface area contributed by atoms with Gasteiger partial charge in [0.1, 0.15) is 11.8 Å². The van der Waals surface area contributed by atoms with Crippen LogP contribution in [0.15, 0.2) is 58.4 Å². The summed E-state index contributed by atoms with van der Waals surface area (Å²) in [6.07, 6.45) is 4.36. The molecule has 0 radical (unpaired) electrons. The van der Waals surface area contributed by atoms with Crippen LogP contribution in [0.3, 0.4) is 0 Å². The van der Waals surface area contributed by atoms with Crippen LogP contribution in [-0.2, 0) is 11.3 Å².